The minimum absolute atomic E-state index is 0.0831. The maximum absolute atomic E-state index is 14.8. The predicted octanol–water partition coefficient (Wildman–Crippen LogP) is 5.45. The highest BCUT2D eigenvalue weighted by molar-refractivity contribution is 8.02. The number of thioether (sulfide) groups is 1. The third-order valence-corrected chi connectivity index (χ3v) is 11.5. The van der Waals surface area contributed by atoms with Crippen molar-refractivity contribution in [2.75, 3.05) is 42.6 Å². The normalized spacial score (nSPS) is 24.6. The van der Waals surface area contributed by atoms with Gasteiger partial charge in [-0.05, 0) is 73.4 Å². The molecule has 3 heterocycles. The third-order valence-electron chi connectivity index (χ3n) is 9.54. The third kappa shape index (κ3) is 5.39. The molecule has 240 valence electrons. The molecule has 3 saturated heterocycles. The van der Waals surface area contributed by atoms with Gasteiger partial charge in [-0.15, -0.1) is 24.9 Å². The highest BCUT2D eigenvalue weighted by Crippen LogP contribution is 2.67. The lowest BCUT2D eigenvalue weighted by molar-refractivity contribution is -0.139. The van der Waals surface area contributed by atoms with Crippen molar-refractivity contribution >= 4 is 51.6 Å². The Morgan fingerprint density at radius 1 is 1.00 bits per heavy atom. The average molecular weight is 640 g/mol. The van der Waals surface area contributed by atoms with Crippen LogP contribution in [0.15, 0.2) is 92.0 Å². The summed E-state index contributed by atoms with van der Waals surface area (Å²) in [5.41, 5.74) is 1.44. The van der Waals surface area contributed by atoms with Gasteiger partial charge in [-0.3, -0.25) is 14.4 Å². The smallest absolute Gasteiger partial charge is 0.251 e. The van der Waals surface area contributed by atoms with E-state index in [1.54, 1.807) is 38.6 Å². The Labute approximate surface area is 274 Å². The molecule has 9 heteroatoms. The number of fused-ring (bicyclic) bond motifs is 2. The monoisotopic (exact) mass is 639 g/mol. The van der Waals surface area contributed by atoms with Gasteiger partial charge < -0.3 is 24.5 Å². The second kappa shape index (κ2) is 13.3. The zero-order chi connectivity index (χ0) is 32.4. The summed E-state index contributed by atoms with van der Waals surface area (Å²) in [5, 5.41) is 11.8. The fourth-order valence-corrected chi connectivity index (χ4v) is 9.87. The molecular formula is C37H41N3O5S. The van der Waals surface area contributed by atoms with Crippen LogP contribution in [0.1, 0.15) is 26.2 Å². The molecule has 8 nitrogen and oxygen atoms in total. The first-order valence-corrected chi connectivity index (χ1v) is 16.9. The molecule has 0 aliphatic carbocycles. The molecule has 0 radical (unpaired) electrons. The molecule has 46 heavy (non-hydrogen) atoms. The number of nitrogens with zero attached hydrogens (tertiary/aromatic N) is 3. The van der Waals surface area contributed by atoms with Gasteiger partial charge in [-0.25, -0.2) is 0 Å². The summed E-state index contributed by atoms with van der Waals surface area (Å²) in [6, 6.07) is 20.5. The van der Waals surface area contributed by atoms with Gasteiger partial charge in [0, 0.05) is 42.9 Å². The van der Waals surface area contributed by atoms with Crippen molar-refractivity contribution in [1.29, 1.82) is 0 Å². The van der Waals surface area contributed by atoms with E-state index >= 15 is 0 Å². The molecule has 0 saturated carbocycles. The van der Waals surface area contributed by atoms with Crippen LogP contribution in [0.3, 0.4) is 0 Å². The molecule has 3 aliphatic heterocycles. The molecule has 5 atom stereocenters. The first-order valence-electron chi connectivity index (χ1n) is 16.0. The number of likely N-dealkylation sites (tertiary alicyclic amines) is 1. The molecule has 6 rings (SSSR count). The molecule has 1 spiro atoms. The lowest BCUT2D eigenvalue weighted by Crippen LogP contribution is -2.55. The summed E-state index contributed by atoms with van der Waals surface area (Å²) in [6.45, 7) is 11.0. The second-order valence-corrected chi connectivity index (χ2v) is 13.7. The molecule has 3 fully saturated rings. The fraction of sp³-hybridized carbons (Fsp3) is 0.378. The van der Waals surface area contributed by atoms with E-state index in [0.717, 1.165) is 22.9 Å². The second-order valence-electron chi connectivity index (χ2n) is 12.1. The highest BCUT2D eigenvalue weighted by Gasteiger charge is 2.74. The van der Waals surface area contributed by atoms with Gasteiger partial charge in [0.2, 0.25) is 11.8 Å². The van der Waals surface area contributed by atoms with Crippen LogP contribution in [0.25, 0.3) is 10.8 Å². The van der Waals surface area contributed by atoms with E-state index < -0.39 is 22.6 Å². The van der Waals surface area contributed by atoms with Crippen LogP contribution < -0.4 is 14.5 Å². The highest BCUT2D eigenvalue weighted by atomic mass is 32.2. The lowest BCUT2D eigenvalue weighted by atomic mass is 9.70. The molecule has 3 aromatic rings. The molecule has 2 unspecified atom stereocenters. The summed E-state index contributed by atoms with van der Waals surface area (Å²) >= 11 is 1.64. The van der Waals surface area contributed by atoms with E-state index in [1.807, 2.05) is 73.7 Å². The van der Waals surface area contributed by atoms with Crippen LogP contribution in [-0.4, -0.2) is 76.6 Å². The van der Waals surface area contributed by atoms with Gasteiger partial charge in [0.25, 0.3) is 5.91 Å². The van der Waals surface area contributed by atoms with E-state index in [9.17, 15) is 19.5 Å². The Balaban J connectivity index is 1.37. The molecule has 1 N–H and O–H groups in total. The Morgan fingerprint density at radius 2 is 1.67 bits per heavy atom. The topological polar surface area (TPSA) is 90.4 Å². The summed E-state index contributed by atoms with van der Waals surface area (Å²) in [4.78, 5) is 48.9. The Kier molecular flexibility index (Phi) is 9.25. The van der Waals surface area contributed by atoms with Crippen molar-refractivity contribution in [3.05, 3.63) is 92.0 Å². The summed E-state index contributed by atoms with van der Waals surface area (Å²) in [5.74, 6) is -1.00. The number of rotatable bonds is 13. The molecule has 2 bridgehead atoms. The van der Waals surface area contributed by atoms with Crippen LogP contribution in [0.4, 0.5) is 11.4 Å². The molecule has 0 aromatic heterocycles. The summed E-state index contributed by atoms with van der Waals surface area (Å²) in [7, 11) is 0. The van der Waals surface area contributed by atoms with E-state index in [4.69, 9.17) is 4.74 Å². The van der Waals surface area contributed by atoms with E-state index in [1.165, 1.54) is 0 Å². The molecule has 3 aliphatic rings. The fourth-order valence-electron chi connectivity index (χ4n) is 7.66. The number of amides is 3. The Hall–Kier alpha value is -4.08. The molecular weight excluding hydrogens is 598 g/mol. The number of aliphatic hydroxyl groups is 1. The van der Waals surface area contributed by atoms with Gasteiger partial charge in [-0.2, -0.15) is 0 Å². The number of carbonyl (C=O) groups excluding carboxylic acids is 3. The van der Waals surface area contributed by atoms with Crippen molar-refractivity contribution in [3.8, 4) is 5.75 Å². The quantitative estimate of drug-likeness (QED) is 0.250. The maximum atomic E-state index is 14.8. The number of benzene rings is 3. The lowest BCUT2D eigenvalue weighted by Gasteiger charge is -2.37. The van der Waals surface area contributed by atoms with E-state index in [-0.39, 0.29) is 42.7 Å². The van der Waals surface area contributed by atoms with Crippen LogP contribution in [0.2, 0.25) is 0 Å². The zero-order valence-corrected chi connectivity index (χ0v) is 27.0. The van der Waals surface area contributed by atoms with Crippen molar-refractivity contribution in [2.24, 2.45) is 11.8 Å². The number of ether oxygens (including phenoxy) is 1. The number of hydrogen-bond acceptors (Lipinski definition) is 6. The van der Waals surface area contributed by atoms with Crippen LogP contribution >= 0.6 is 11.8 Å². The van der Waals surface area contributed by atoms with Crippen molar-refractivity contribution in [3.63, 3.8) is 0 Å². The maximum Gasteiger partial charge on any atom is 0.251 e. The number of anilines is 2. The van der Waals surface area contributed by atoms with Gasteiger partial charge in [0.1, 0.15) is 11.8 Å². The standard InChI is InChI=1S/C37H41N3O5S/c1-4-20-38(27-14-16-29(17-15-27)45-6-3)34(42)31-30-18-19-37(46-30)32(31)35(43)40(22-9-23-41)33(37)36(44)39(21-5-2)28-13-12-25-10-7-8-11-26(25)24-28/h4-5,7-8,10-17,24,30-33,41H,1-2,6,9,18-23H2,3H3/t30-,31+,32-,33?,37?/m0/s1. The van der Waals surface area contributed by atoms with Gasteiger partial charge in [0.05, 0.1) is 23.2 Å². The Morgan fingerprint density at radius 3 is 2.35 bits per heavy atom. The number of carbonyl (C=O) groups is 3. The molecule has 3 amide bonds. The van der Waals surface area contributed by atoms with Gasteiger partial charge in [0.15, 0.2) is 0 Å². The van der Waals surface area contributed by atoms with E-state index in [2.05, 4.69) is 13.2 Å². The number of hydrogen-bond donors (Lipinski definition) is 1. The summed E-state index contributed by atoms with van der Waals surface area (Å²) < 4.78 is 4.86. The van der Waals surface area contributed by atoms with Gasteiger partial charge >= 0.3 is 0 Å². The van der Waals surface area contributed by atoms with Crippen LogP contribution in [0.5, 0.6) is 5.75 Å². The predicted molar refractivity (Wildman–Crippen MR) is 184 cm³/mol. The largest absolute Gasteiger partial charge is 0.494 e. The SMILES string of the molecule is C=CCN(C(=O)C1N(CCCO)C(=O)[C@@H]2[C@H](C(=O)N(CC=C)c3ccc(OCC)cc3)[C@@H]3CCC12S3)c1ccc2ccccc2c1. The minimum atomic E-state index is -0.769. The number of aliphatic hydroxyl groups excluding tert-OH is 1. The first kappa shape index (κ1) is 31.9. The summed E-state index contributed by atoms with van der Waals surface area (Å²) in [6.07, 6.45) is 5.14. The van der Waals surface area contributed by atoms with Crippen LogP contribution in [0, 0.1) is 11.8 Å². The molecule has 3 aromatic carbocycles. The first-order chi connectivity index (χ1) is 22.4. The zero-order valence-electron chi connectivity index (χ0n) is 26.2. The van der Waals surface area contributed by atoms with Crippen molar-refractivity contribution in [1.82, 2.24) is 4.90 Å². The van der Waals surface area contributed by atoms with Gasteiger partial charge in [-0.1, -0.05) is 42.5 Å². The van der Waals surface area contributed by atoms with Crippen molar-refractivity contribution in [2.45, 2.75) is 42.2 Å². The minimum Gasteiger partial charge on any atom is -0.494 e. The Bertz CT molecular complexity index is 1640. The van der Waals surface area contributed by atoms with E-state index in [0.29, 0.717) is 37.4 Å². The van der Waals surface area contributed by atoms with Crippen LogP contribution in [-0.2, 0) is 14.4 Å². The average Bonchev–Trinajstić information content (AvgIpc) is 3.72. The van der Waals surface area contributed by atoms with Crippen molar-refractivity contribution < 1.29 is 24.2 Å².